The van der Waals surface area contributed by atoms with Crippen molar-refractivity contribution in [3.63, 3.8) is 0 Å². The Kier molecular flexibility index (Phi) is 17.1. The average Bonchev–Trinajstić information content (AvgIpc) is 3.08. The third kappa shape index (κ3) is 14.4. The number of benzene rings is 2. The molecule has 2 aromatic rings. The topological polar surface area (TPSA) is 125 Å². The molecular formula is C34H36O11S. The fraction of sp³-hybridized carbons (Fsp3) is 0.235. The van der Waals surface area contributed by atoms with Crippen LogP contribution in [0.5, 0.6) is 23.0 Å². The third-order valence-electron chi connectivity index (χ3n) is 5.41. The van der Waals surface area contributed by atoms with Crippen LogP contribution in [0.3, 0.4) is 0 Å². The summed E-state index contributed by atoms with van der Waals surface area (Å²) in [6.07, 6.45) is 8.32. The highest BCUT2D eigenvalue weighted by molar-refractivity contribution is 7.80. The van der Waals surface area contributed by atoms with Gasteiger partial charge >= 0.3 is 17.9 Å². The third-order valence-corrected chi connectivity index (χ3v) is 5.70. The summed E-state index contributed by atoms with van der Waals surface area (Å²) in [5.74, 6) is -0.0174. The Morgan fingerprint density at radius 1 is 0.500 bits per heavy atom. The molecule has 2 rings (SSSR count). The Morgan fingerprint density at radius 2 is 0.848 bits per heavy atom. The molecule has 0 aliphatic rings. The van der Waals surface area contributed by atoms with Crippen molar-refractivity contribution < 1.29 is 52.3 Å². The largest absolute Gasteiger partial charge is 0.486 e. The summed E-state index contributed by atoms with van der Waals surface area (Å²) in [6, 6.07) is 10.6. The van der Waals surface area contributed by atoms with Crippen LogP contribution in [-0.4, -0.2) is 75.8 Å². The SMILES string of the molecule is C=CC(=O)OCCOc1ccc(/C=C/c2ccc(OCCOC(=O)C=C)c(OCCOC(=S)C=C)c2)cc1OCCOC(=O)C=C. The molecule has 0 saturated carbocycles. The highest BCUT2D eigenvalue weighted by atomic mass is 32.1. The van der Waals surface area contributed by atoms with Gasteiger partial charge in [-0.1, -0.05) is 50.6 Å². The Bertz CT molecular complexity index is 1310. The average molecular weight is 653 g/mol. The van der Waals surface area contributed by atoms with Gasteiger partial charge in [-0.3, -0.25) is 0 Å². The Morgan fingerprint density at radius 3 is 1.20 bits per heavy atom. The van der Waals surface area contributed by atoms with E-state index in [1.165, 1.54) is 6.08 Å². The number of thiocarbonyl (C=S) groups is 1. The quantitative estimate of drug-likeness (QED) is 0.0420. The van der Waals surface area contributed by atoms with Crippen LogP contribution >= 0.6 is 12.2 Å². The second-order valence-corrected chi connectivity index (χ2v) is 9.03. The van der Waals surface area contributed by atoms with Crippen LogP contribution in [0.4, 0.5) is 0 Å². The van der Waals surface area contributed by atoms with Crippen LogP contribution in [0.25, 0.3) is 12.2 Å². The highest BCUT2D eigenvalue weighted by Gasteiger charge is 2.10. The second kappa shape index (κ2) is 21.4. The Labute approximate surface area is 273 Å². The lowest BCUT2D eigenvalue weighted by Crippen LogP contribution is -2.12. The van der Waals surface area contributed by atoms with Gasteiger partial charge in [0.05, 0.1) is 0 Å². The molecule has 0 fully saturated rings. The maximum atomic E-state index is 11.3. The molecule has 11 nitrogen and oxygen atoms in total. The predicted octanol–water partition coefficient (Wildman–Crippen LogP) is 5.09. The van der Waals surface area contributed by atoms with E-state index in [2.05, 4.69) is 26.3 Å². The summed E-state index contributed by atoms with van der Waals surface area (Å²) in [4.78, 5) is 33.9. The maximum Gasteiger partial charge on any atom is 0.330 e. The van der Waals surface area contributed by atoms with Crippen LogP contribution in [-0.2, 0) is 33.3 Å². The number of carbonyl (C=O) groups is 3. The maximum absolute atomic E-state index is 11.3. The Balaban J connectivity index is 2.19. The first kappa shape index (κ1) is 36.8. The summed E-state index contributed by atoms with van der Waals surface area (Å²) < 4.78 is 43.4. The summed E-state index contributed by atoms with van der Waals surface area (Å²) in [5, 5.41) is 0.259. The minimum Gasteiger partial charge on any atom is -0.486 e. The molecule has 46 heavy (non-hydrogen) atoms. The molecule has 0 amide bonds. The first-order valence-electron chi connectivity index (χ1n) is 13.9. The zero-order chi connectivity index (χ0) is 33.6. The highest BCUT2D eigenvalue weighted by Crippen LogP contribution is 2.31. The second-order valence-electron chi connectivity index (χ2n) is 8.63. The summed E-state index contributed by atoms with van der Waals surface area (Å²) in [6.45, 7) is 14.3. The lowest BCUT2D eigenvalue weighted by Gasteiger charge is -2.14. The van der Waals surface area contributed by atoms with Gasteiger partial charge in [-0.15, -0.1) is 0 Å². The lowest BCUT2D eigenvalue weighted by atomic mass is 10.1. The normalized spacial score (nSPS) is 10.2. The van der Waals surface area contributed by atoms with Crippen molar-refractivity contribution in [3.8, 4) is 23.0 Å². The molecule has 0 aliphatic heterocycles. The molecule has 12 heteroatoms. The van der Waals surface area contributed by atoms with E-state index >= 15 is 0 Å². The van der Waals surface area contributed by atoms with Gasteiger partial charge in [-0.05, 0) is 53.7 Å². The summed E-state index contributed by atoms with van der Waals surface area (Å²) >= 11 is 4.98. The number of carbonyl (C=O) groups excluding carboxylic acids is 3. The van der Waals surface area contributed by atoms with Gasteiger partial charge in [0.15, 0.2) is 28.0 Å². The molecule has 0 unspecified atom stereocenters. The van der Waals surface area contributed by atoms with Crippen molar-refractivity contribution in [1.82, 2.24) is 0 Å². The van der Waals surface area contributed by atoms with Crippen molar-refractivity contribution in [2.75, 3.05) is 52.9 Å². The van der Waals surface area contributed by atoms with Crippen LogP contribution in [0.2, 0.25) is 0 Å². The molecule has 0 atom stereocenters. The zero-order valence-electron chi connectivity index (χ0n) is 25.3. The van der Waals surface area contributed by atoms with Crippen LogP contribution < -0.4 is 18.9 Å². The van der Waals surface area contributed by atoms with Gasteiger partial charge in [0.25, 0.3) is 0 Å². The molecule has 0 heterocycles. The number of hydrogen-bond donors (Lipinski definition) is 0. The van der Waals surface area contributed by atoms with Crippen molar-refractivity contribution in [2.24, 2.45) is 0 Å². The van der Waals surface area contributed by atoms with E-state index in [-0.39, 0.29) is 57.9 Å². The molecule has 0 aliphatic carbocycles. The molecule has 0 N–H and O–H groups in total. The van der Waals surface area contributed by atoms with Crippen molar-refractivity contribution in [1.29, 1.82) is 0 Å². The number of hydrogen-bond acceptors (Lipinski definition) is 12. The van der Waals surface area contributed by atoms with E-state index in [0.717, 1.165) is 29.4 Å². The fourth-order valence-corrected chi connectivity index (χ4v) is 3.41. The minimum absolute atomic E-state index is 0.000388. The van der Waals surface area contributed by atoms with Crippen LogP contribution in [0.15, 0.2) is 87.0 Å². The van der Waals surface area contributed by atoms with Crippen LogP contribution in [0, 0.1) is 0 Å². The summed E-state index contributed by atoms with van der Waals surface area (Å²) in [7, 11) is 0. The monoisotopic (exact) mass is 652 g/mol. The molecule has 0 spiro atoms. The van der Waals surface area contributed by atoms with E-state index in [4.69, 9.17) is 50.1 Å². The predicted molar refractivity (Wildman–Crippen MR) is 176 cm³/mol. The Hall–Kier alpha value is -5.36. The van der Waals surface area contributed by atoms with E-state index in [1.54, 1.807) is 24.3 Å². The van der Waals surface area contributed by atoms with Gasteiger partial charge in [-0.2, -0.15) is 0 Å². The van der Waals surface area contributed by atoms with Gasteiger partial charge < -0.3 is 37.9 Å². The number of rotatable bonds is 22. The van der Waals surface area contributed by atoms with E-state index in [1.807, 2.05) is 24.3 Å². The zero-order valence-corrected chi connectivity index (χ0v) is 26.1. The lowest BCUT2D eigenvalue weighted by molar-refractivity contribution is -0.139. The van der Waals surface area contributed by atoms with Crippen LogP contribution in [0.1, 0.15) is 11.1 Å². The molecule has 0 aromatic heterocycles. The van der Waals surface area contributed by atoms with Crippen molar-refractivity contribution >= 4 is 47.3 Å². The van der Waals surface area contributed by atoms with Gasteiger partial charge in [-0.25, -0.2) is 14.4 Å². The number of esters is 3. The fourth-order valence-electron chi connectivity index (χ4n) is 3.32. The van der Waals surface area contributed by atoms with Gasteiger partial charge in [0, 0.05) is 18.2 Å². The van der Waals surface area contributed by atoms with E-state index in [0.29, 0.717) is 23.0 Å². The van der Waals surface area contributed by atoms with E-state index in [9.17, 15) is 14.4 Å². The first-order chi connectivity index (χ1) is 22.3. The minimum atomic E-state index is -0.565. The van der Waals surface area contributed by atoms with Gasteiger partial charge in [0.1, 0.15) is 52.9 Å². The number of ether oxygens (including phenoxy) is 8. The molecule has 2 aromatic carbocycles. The molecule has 0 radical (unpaired) electrons. The summed E-state index contributed by atoms with van der Waals surface area (Å²) in [5.41, 5.74) is 1.55. The standard InChI is InChI=1S/C34H36O11S/c1-5-31(35)42-19-15-38-27-13-11-25(23-29(27)40-17-21-44-33(37)7-3)9-10-26-12-14-28(39-16-20-43-32(36)6-2)30(24-26)41-18-22-45-34(46)8-4/h5-14,23-24H,1-4,15-22H2/b10-9+. The molecule has 0 bridgehead atoms. The van der Waals surface area contributed by atoms with Crippen molar-refractivity contribution in [2.45, 2.75) is 0 Å². The molecule has 244 valence electrons. The van der Waals surface area contributed by atoms with Gasteiger partial charge in [0.2, 0.25) is 0 Å². The smallest absolute Gasteiger partial charge is 0.330 e. The van der Waals surface area contributed by atoms with E-state index < -0.39 is 17.9 Å². The molecular weight excluding hydrogens is 616 g/mol. The molecule has 0 saturated heterocycles. The first-order valence-corrected chi connectivity index (χ1v) is 14.3. The van der Waals surface area contributed by atoms with Crippen molar-refractivity contribution in [3.05, 3.63) is 98.1 Å².